The SMILES string of the molecule is Cc1ccc(-n2cc(C(=O)NC3CCNCC3)c(C(C)(C)C)n2)cc1. The van der Waals surface area contributed by atoms with E-state index in [1.54, 1.807) is 0 Å². The lowest BCUT2D eigenvalue weighted by Crippen LogP contribution is -2.43. The minimum Gasteiger partial charge on any atom is -0.349 e. The molecular weight excluding hydrogens is 312 g/mol. The van der Waals surface area contributed by atoms with Gasteiger partial charge in [0.15, 0.2) is 0 Å². The average molecular weight is 340 g/mol. The van der Waals surface area contributed by atoms with Gasteiger partial charge < -0.3 is 10.6 Å². The normalized spacial score (nSPS) is 16.0. The zero-order valence-corrected chi connectivity index (χ0v) is 15.6. The number of aryl methyl sites for hydroxylation is 1. The number of carbonyl (C=O) groups is 1. The number of nitrogens with one attached hydrogen (secondary N) is 2. The molecule has 2 heterocycles. The summed E-state index contributed by atoms with van der Waals surface area (Å²) in [6, 6.07) is 8.42. The Hall–Kier alpha value is -2.14. The summed E-state index contributed by atoms with van der Waals surface area (Å²) in [6.45, 7) is 10.3. The van der Waals surface area contributed by atoms with Crippen molar-refractivity contribution in [2.24, 2.45) is 0 Å². The third-order valence-corrected chi connectivity index (χ3v) is 4.64. The van der Waals surface area contributed by atoms with Crippen LogP contribution in [0.3, 0.4) is 0 Å². The summed E-state index contributed by atoms with van der Waals surface area (Å²) in [5.74, 6) is -0.0183. The summed E-state index contributed by atoms with van der Waals surface area (Å²) in [7, 11) is 0. The monoisotopic (exact) mass is 340 g/mol. The Morgan fingerprint density at radius 1 is 1.20 bits per heavy atom. The van der Waals surface area contributed by atoms with E-state index in [1.165, 1.54) is 5.56 Å². The Balaban J connectivity index is 1.91. The van der Waals surface area contributed by atoms with Crippen LogP contribution in [-0.4, -0.2) is 34.8 Å². The molecule has 0 aliphatic carbocycles. The second-order valence-corrected chi connectivity index (χ2v) is 7.92. The number of hydrogen-bond acceptors (Lipinski definition) is 3. The van der Waals surface area contributed by atoms with Crippen LogP contribution in [0.5, 0.6) is 0 Å². The molecule has 1 fully saturated rings. The maximum Gasteiger partial charge on any atom is 0.255 e. The van der Waals surface area contributed by atoms with E-state index in [2.05, 4.69) is 50.5 Å². The van der Waals surface area contributed by atoms with E-state index >= 15 is 0 Å². The van der Waals surface area contributed by atoms with Crippen molar-refractivity contribution in [2.45, 2.75) is 52.0 Å². The van der Waals surface area contributed by atoms with E-state index in [9.17, 15) is 4.79 Å². The summed E-state index contributed by atoms with van der Waals surface area (Å²) in [6.07, 6.45) is 3.81. The highest BCUT2D eigenvalue weighted by atomic mass is 16.1. The number of hydrogen-bond donors (Lipinski definition) is 2. The molecule has 1 saturated heterocycles. The average Bonchev–Trinajstić information content (AvgIpc) is 3.02. The lowest BCUT2D eigenvalue weighted by molar-refractivity contribution is 0.0927. The van der Waals surface area contributed by atoms with Crippen molar-refractivity contribution >= 4 is 5.91 Å². The molecule has 3 rings (SSSR count). The molecule has 2 N–H and O–H groups in total. The van der Waals surface area contributed by atoms with Gasteiger partial charge in [-0.3, -0.25) is 4.79 Å². The molecule has 1 aromatic heterocycles. The number of piperidine rings is 1. The molecule has 2 aromatic rings. The van der Waals surface area contributed by atoms with Gasteiger partial charge in [-0.2, -0.15) is 5.10 Å². The predicted octanol–water partition coefficient (Wildman–Crippen LogP) is 2.96. The second-order valence-electron chi connectivity index (χ2n) is 7.92. The molecule has 0 atom stereocenters. The van der Waals surface area contributed by atoms with Gasteiger partial charge in [0.1, 0.15) is 0 Å². The first-order chi connectivity index (χ1) is 11.8. The van der Waals surface area contributed by atoms with Gasteiger partial charge in [0, 0.05) is 17.7 Å². The maximum absolute atomic E-state index is 12.9. The van der Waals surface area contributed by atoms with E-state index < -0.39 is 0 Å². The summed E-state index contributed by atoms with van der Waals surface area (Å²) in [5, 5.41) is 11.3. The van der Waals surface area contributed by atoms with Gasteiger partial charge in [-0.15, -0.1) is 0 Å². The third kappa shape index (κ3) is 4.10. The van der Waals surface area contributed by atoms with E-state index in [1.807, 2.05) is 23.0 Å². The molecule has 1 aliphatic rings. The molecule has 5 heteroatoms. The lowest BCUT2D eigenvalue weighted by atomic mass is 9.89. The first kappa shape index (κ1) is 17.7. The van der Waals surface area contributed by atoms with Crippen LogP contribution < -0.4 is 10.6 Å². The summed E-state index contributed by atoms with van der Waals surface area (Å²) in [5.41, 5.74) is 3.48. The Bertz CT molecular complexity index is 734. The first-order valence-electron chi connectivity index (χ1n) is 9.03. The van der Waals surface area contributed by atoms with Crippen molar-refractivity contribution in [3.8, 4) is 5.69 Å². The summed E-state index contributed by atoms with van der Waals surface area (Å²) >= 11 is 0. The van der Waals surface area contributed by atoms with E-state index in [0.29, 0.717) is 5.56 Å². The largest absolute Gasteiger partial charge is 0.349 e. The maximum atomic E-state index is 12.9. The molecule has 1 aliphatic heterocycles. The van der Waals surface area contributed by atoms with Gasteiger partial charge in [0.2, 0.25) is 0 Å². The van der Waals surface area contributed by atoms with Crippen molar-refractivity contribution in [2.75, 3.05) is 13.1 Å². The highest BCUT2D eigenvalue weighted by Crippen LogP contribution is 2.26. The smallest absolute Gasteiger partial charge is 0.255 e. The molecule has 1 aromatic carbocycles. The molecule has 0 radical (unpaired) electrons. The Kier molecular flexibility index (Phi) is 4.95. The molecule has 0 bridgehead atoms. The topological polar surface area (TPSA) is 59.0 Å². The summed E-state index contributed by atoms with van der Waals surface area (Å²) < 4.78 is 1.82. The van der Waals surface area contributed by atoms with Gasteiger partial charge in [-0.1, -0.05) is 38.5 Å². The van der Waals surface area contributed by atoms with E-state index in [0.717, 1.165) is 37.3 Å². The fourth-order valence-corrected chi connectivity index (χ4v) is 3.15. The molecule has 1 amide bonds. The minimum absolute atomic E-state index is 0.0183. The zero-order chi connectivity index (χ0) is 18.0. The minimum atomic E-state index is -0.198. The highest BCUT2D eigenvalue weighted by Gasteiger charge is 2.28. The number of aromatic nitrogens is 2. The number of rotatable bonds is 3. The fourth-order valence-electron chi connectivity index (χ4n) is 3.15. The highest BCUT2D eigenvalue weighted by molar-refractivity contribution is 5.95. The van der Waals surface area contributed by atoms with E-state index in [4.69, 9.17) is 5.10 Å². The van der Waals surface area contributed by atoms with Crippen LogP contribution in [-0.2, 0) is 5.41 Å². The predicted molar refractivity (Wildman–Crippen MR) is 100 cm³/mol. The van der Waals surface area contributed by atoms with Crippen LogP contribution in [0.4, 0.5) is 0 Å². The molecule has 0 spiro atoms. The Morgan fingerprint density at radius 2 is 1.84 bits per heavy atom. The van der Waals surface area contributed by atoms with Crippen LogP contribution in [0.25, 0.3) is 5.69 Å². The fraction of sp³-hybridized carbons (Fsp3) is 0.500. The van der Waals surface area contributed by atoms with Crippen molar-refractivity contribution in [3.63, 3.8) is 0 Å². The number of benzene rings is 1. The van der Waals surface area contributed by atoms with Crippen LogP contribution in [0.15, 0.2) is 30.5 Å². The molecule has 134 valence electrons. The molecule has 5 nitrogen and oxygen atoms in total. The zero-order valence-electron chi connectivity index (χ0n) is 15.6. The van der Waals surface area contributed by atoms with Crippen molar-refractivity contribution < 1.29 is 4.79 Å². The van der Waals surface area contributed by atoms with Crippen LogP contribution in [0, 0.1) is 6.92 Å². The lowest BCUT2D eigenvalue weighted by Gasteiger charge is -2.24. The quantitative estimate of drug-likeness (QED) is 0.903. The molecular formula is C20H28N4O. The van der Waals surface area contributed by atoms with Gasteiger partial charge in [0.05, 0.1) is 16.9 Å². The second kappa shape index (κ2) is 7.00. The Morgan fingerprint density at radius 3 is 2.44 bits per heavy atom. The van der Waals surface area contributed by atoms with Crippen LogP contribution in [0.1, 0.15) is 55.2 Å². The number of carbonyl (C=O) groups excluding carboxylic acids is 1. The number of amides is 1. The van der Waals surface area contributed by atoms with Gasteiger partial charge in [-0.25, -0.2) is 4.68 Å². The van der Waals surface area contributed by atoms with Crippen molar-refractivity contribution in [1.29, 1.82) is 0 Å². The van der Waals surface area contributed by atoms with Gasteiger partial charge in [-0.05, 0) is 45.0 Å². The molecule has 0 saturated carbocycles. The van der Waals surface area contributed by atoms with Gasteiger partial charge in [0.25, 0.3) is 5.91 Å². The first-order valence-corrected chi connectivity index (χ1v) is 9.03. The standard InChI is InChI=1S/C20H28N4O/c1-14-5-7-16(8-6-14)24-13-17(18(23-24)20(2,3)4)19(25)22-15-9-11-21-12-10-15/h5-8,13,15,21H,9-12H2,1-4H3,(H,22,25). The molecule has 25 heavy (non-hydrogen) atoms. The Labute approximate surface area is 149 Å². The van der Waals surface area contributed by atoms with Crippen LogP contribution >= 0.6 is 0 Å². The summed E-state index contributed by atoms with van der Waals surface area (Å²) in [4.78, 5) is 12.9. The van der Waals surface area contributed by atoms with Crippen molar-refractivity contribution in [1.82, 2.24) is 20.4 Å². The van der Waals surface area contributed by atoms with E-state index in [-0.39, 0.29) is 17.4 Å². The number of nitrogens with zero attached hydrogens (tertiary/aromatic N) is 2. The third-order valence-electron chi connectivity index (χ3n) is 4.64. The molecule has 0 unspecified atom stereocenters. The van der Waals surface area contributed by atoms with Crippen LogP contribution in [0.2, 0.25) is 0 Å². The van der Waals surface area contributed by atoms with Crippen molar-refractivity contribution in [3.05, 3.63) is 47.3 Å². The van der Waals surface area contributed by atoms with Gasteiger partial charge >= 0.3 is 0 Å².